The summed E-state index contributed by atoms with van der Waals surface area (Å²) >= 11 is 7.11. The fraction of sp³-hybridized carbons (Fsp3) is 0.500. The summed E-state index contributed by atoms with van der Waals surface area (Å²) in [6, 6.07) is 3.58. The zero-order chi connectivity index (χ0) is 11.5. The summed E-state index contributed by atoms with van der Waals surface area (Å²) in [5.74, 6) is 0. The van der Waals surface area contributed by atoms with E-state index in [9.17, 15) is 4.79 Å². The van der Waals surface area contributed by atoms with E-state index in [4.69, 9.17) is 21.1 Å². The molecule has 0 atom stereocenters. The molecule has 1 aromatic heterocycles. The summed E-state index contributed by atoms with van der Waals surface area (Å²) in [7, 11) is 0. The third kappa shape index (κ3) is 5.04. The minimum absolute atomic E-state index is 0.201. The van der Waals surface area contributed by atoms with Crippen molar-refractivity contribution in [2.75, 3.05) is 0 Å². The third-order valence-corrected chi connectivity index (χ3v) is 2.56. The van der Waals surface area contributed by atoms with Crippen molar-refractivity contribution in [2.24, 2.45) is 0 Å². The van der Waals surface area contributed by atoms with Gasteiger partial charge in [0, 0.05) is 4.88 Å². The molecule has 0 amide bonds. The molecular weight excluding hydrogens is 236 g/mol. The molecule has 0 bridgehead atoms. The van der Waals surface area contributed by atoms with Crippen LogP contribution in [0.3, 0.4) is 0 Å². The number of halogens is 1. The second kappa shape index (κ2) is 4.86. The van der Waals surface area contributed by atoms with Gasteiger partial charge in [-0.05, 0) is 32.9 Å². The van der Waals surface area contributed by atoms with Crippen LogP contribution in [0.4, 0.5) is 4.79 Å². The van der Waals surface area contributed by atoms with Crippen molar-refractivity contribution < 1.29 is 14.3 Å². The van der Waals surface area contributed by atoms with E-state index >= 15 is 0 Å². The molecule has 0 aromatic carbocycles. The van der Waals surface area contributed by atoms with Crippen LogP contribution < -0.4 is 0 Å². The van der Waals surface area contributed by atoms with E-state index in [1.54, 1.807) is 26.8 Å². The van der Waals surface area contributed by atoms with Crippen LogP contribution in [0.15, 0.2) is 12.1 Å². The molecule has 84 valence electrons. The molecule has 0 aliphatic heterocycles. The number of rotatable bonds is 2. The minimum atomic E-state index is -0.660. The Labute approximate surface area is 98.0 Å². The van der Waals surface area contributed by atoms with Gasteiger partial charge in [0.15, 0.2) is 0 Å². The molecule has 0 fully saturated rings. The van der Waals surface area contributed by atoms with E-state index in [2.05, 4.69) is 0 Å². The second-order valence-electron chi connectivity index (χ2n) is 3.96. The topological polar surface area (TPSA) is 35.5 Å². The van der Waals surface area contributed by atoms with Gasteiger partial charge in [-0.1, -0.05) is 11.6 Å². The van der Waals surface area contributed by atoms with Gasteiger partial charge in [0.25, 0.3) is 0 Å². The fourth-order valence-corrected chi connectivity index (χ4v) is 1.84. The van der Waals surface area contributed by atoms with Crippen molar-refractivity contribution in [3.05, 3.63) is 21.3 Å². The Kier molecular flexibility index (Phi) is 3.99. The van der Waals surface area contributed by atoms with Crippen LogP contribution in [-0.4, -0.2) is 11.8 Å². The van der Waals surface area contributed by atoms with E-state index in [1.165, 1.54) is 11.3 Å². The van der Waals surface area contributed by atoms with Gasteiger partial charge in [-0.25, -0.2) is 4.79 Å². The van der Waals surface area contributed by atoms with Crippen molar-refractivity contribution >= 4 is 29.1 Å². The molecule has 0 aliphatic rings. The smallest absolute Gasteiger partial charge is 0.429 e. The Balaban J connectivity index is 2.35. The lowest BCUT2D eigenvalue weighted by Crippen LogP contribution is -2.24. The molecule has 0 saturated heterocycles. The van der Waals surface area contributed by atoms with Crippen molar-refractivity contribution in [1.82, 2.24) is 0 Å². The van der Waals surface area contributed by atoms with Crippen LogP contribution in [0.1, 0.15) is 25.6 Å². The lowest BCUT2D eigenvalue weighted by Gasteiger charge is -2.18. The Morgan fingerprint density at radius 1 is 1.47 bits per heavy atom. The average molecular weight is 249 g/mol. The maximum atomic E-state index is 11.2. The average Bonchev–Trinajstić information content (AvgIpc) is 2.45. The number of carbonyl (C=O) groups is 1. The molecule has 0 saturated carbocycles. The Morgan fingerprint density at radius 2 is 2.13 bits per heavy atom. The minimum Gasteiger partial charge on any atom is -0.429 e. The van der Waals surface area contributed by atoms with E-state index in [0.717, 1.165) is 4.88 Å². The highest BCUT2D eigenvalue weighted by atomic mass is 35.5. The predicted molar refractivity (Wildman–Crippen MR) is 60.4 cm³/mol. The van der Waals surface area contributed by atoms with Crippen LogP contribution in [-0.2, 0) is 16.1 Å². The van der Waals surface area contributed by atoms with Gasteiger partial charge in [-0.3, -0.25) is 0 Å². The van der Waals surface area contributed by atoms with Gasteiger partial charge in [0.05, 0.1) is 4.34 Å². The first kappa shape index (κ1) is 12.3. The van der Waals surface area contributed by atoms with Crippen molar-refractivity contribution in [1.29, 1.82) is 0 Å². The lowest BCUT2D eigenvalue weighted by atomic mass is 10.2. The number of hydrogen-bond acceptors (Lipinski definition) is 4. The molecular formula is C10H13ClO3S. The maximum absolute atomic E-state index is 11.2. The zero-order valence-electron chi connectivity index (χ0n) is 8.87. The highest BCUT2D eigenvalue weighted by Gasteiger charge is 2.17. The first-order chi connectivity index (χ1) is 6.87. The molecule has 5 heteroatoms. The van der Waals surface area contributed by atoms with Crippen molar-refractivity contribution in [2.45, 2.75) is 33.0 Å². The summed E-state index contributed by atoms with van der Waals surface area (Å²) in [6.07, 6.45) is -0.660. The number of hydrogen-bond donors (Lipinski definition) is 0. The molecule has 0 unspecified atom stereocenters. The molecule has 3 nitrogen and oxygen atoms in total. The summed E-state index contributed by atoms with van der Waals surface area (Å²) in [6.45, 7) is 5.56. The van der Waals surface area contributed by atoms with E-state index < -0.39 is 11.8 Å². The summed E-state index contributed by atoms with van der Waals surface area (Å²) in [5, 5.41) is 0. The quantitative estimate of drug-likeness (QED) is 0.746. The van der Waals surface area contributed by atoms with Crippen LogP contribution in [0.2, 0.25) is 4.34 Å². The summed E-state index contributed by atoms with van der Waals surface area (Å²) in [4.78, 5) is 12.1. The Morgan fingerprint density at radius 3 is 2.60 bits per heavy atom. The maximum Gasteiger partial charge on any atom is 0.509 e. The van der Waals surface area contributed by atoms with Crippen LogP contribution in [0.25, 0.3) is 0 Å². The van der Waals surface area contributed by atoms with Crippen molar-refractivity contribution in [3.8, 4) is 0 Å². The second-order valence-corrected chi connectivity index (χ2v) is 5.76. The summed E-state index contributed by atoms with van der Waals surface area (Å²) in [5.41, 5.74) is -0.524. The first-order valence-electron chi connectivity index (χ1n) is 4.47. The van der Waals surface area contributed by atoms with E-state index in [1.807, 2.05) is 6.07 Å². The molecule has 0 N–H and O–H groups in total. The Hall–Kier alpha value is -0.740. The number of ether oxygens (including phenoxy) is 2. The van der Waals surface area contributed by atoms with Gasteiger partial charge in [0.2, 0.25) is 0 Å². The molecule has 1 aromatic rings. The molecule has 1 rings (SSSR count). The highest BCUT2D eigenvalue weighted by Crippen LogP contribution is 2.22. The van der Waals surface area contributed by atoms with E-state index in [-0.39, 0.29) is 6.61 Å². The summed E-state index contributed by atoms with van der Waals surface area (Å²) < 4.78 is 10.6. The molecule has 15 heavy (non-hydrogen) atoms. The van der Waals surface area contributed by atoms with Crippen LogP contribution >= 0.6 is 22.9 Å². The molecule has 1 heterocycles. The third-order valence-electron chi connectivity index (χ3n) is 1.35. The zero-order valence-corrected chi connectivity index (χ0v) is 10.4. The molecule has 0 spiro atoms. The predicted octanol–water partition coefficient (Wildman–Crippen LogP) is 3.85. The van der Waals surface area contributed by atoms with Gasteiger partial charge in [-0.15, -0.1) is 11.3 Å². The van der Waals surface area contributed by atoms with Gasteiger partial charge in [-0.2, -0.15) is 0 Å². The standard InChI is InChI=1S/C10H13ClO3S/c1-10(2,3)14-9(12)13-6-7-4-5-8(11)15-7/h4-5H,6H2,1-3H3. The van der Waals surface area contributed by atoms with Crippen molar-refractivity contribution in [3.63, 3.8) is 0 Å². The van der Waals surface area contributed by atoms with Crippen LogP contribution in [0.5, 0.6) is 0 Å². The molecule has 0 radical (unpaired) electrons. The lowest BCUT2D eigenvalue weighted by molar-refractivity contribution is -0.0103. The number of thiophene rings is 1. The SMILES string of the molecule is CC(C)(C)OC(=O)OCc1ccc(Cl)s1. The monoisotopic (exact) mass is 248 g/mol. The number of carbonyl (C=O) groups excluding carboxylic acids is 1. The van der Waals surface area contributed by atoms with Gasteiger partial charge < -0.3 is 9.47 Å². The normalized spacial score (nSPS) is 11.2. The van der Waals surface area contributed by atoms with Gasteiger partial charge in [0.1, 0.15) is 12.2 Å². The van der Waals surface area contributed by atoms with E-state index in [0.29, 0.717) is 4.34 Å². The highest BCUT2D eigenvalue weighted by molar-refractivity contribution is 7.16. The van der Waals surface area contributed by atoms with Crippen LogP contribution in [0, 0.1) is 0 Å². The van der Waals surface area contributed by atoms with Gasteiger partial charge >= 0.3 is 6.16 Å². The fourth-order valence-electron chi connectivity index (χ4n) is 0.839. The Bertz CT molecular complexity index is 341. The first-order valence-corrected chi connectivity index (χ1v) is 5.66. The molecule has 0 aliphatic carbocycles. The largest absolute Gasteiger partial charge is 0.509 e.